The molecular weight excluding hydrogens is 188 g/mol. The van der Waals surface area contributed by atoms with E-state index in [1.165, 1.54) is 0 Å². The van der Waals surface area contributed by atoms with E-state index < -0.39 is 6.10 Å². The fourth-order valence-corrected chi connectivity index (χ4v) is 1.13. The minimum atomic E-state index is -0.558. The first kappa shape index (κ1) is 11.5. The molecule has 0 saturated carbocycles. The molecule has 1 aromatic carbocycles. The Labute approximate surface area is 90.5 Å². The van der Waals surface area contributed by atoms with Crippen molar-refractivity contribution in [2.24, 2.45) is 0 Å². The summed E-state index contributed by atoms with van der Waals surface area (Å²) in [5.41, 5.74) is 0.888. The maximum atomic E-state index is 9.72. The number of aliphatic hydroxyl groups is 1. The van der Waals surface area contributed by atoms with E-state index in [1.807, 2.05) is 37.3 Å². The predicted molar refractivity (Wildman–Crippen MR) is 61.3 cm³/mol. The molecule has 0 bridgehead atoms. The van der Waals surface area contributed by atoms with E-state index in [-0.39, 0.29) is 0 Å². The topological polar surface area (TPSA) is 29.5 Å². The van der Waals surface area contributed by atoms with Gasteiger partial charge in [-0.05, 0) is 18.6 Å². The van der Waals surface area contributed by atoms with Gasteiger partial charge in [-0.3, -0.25) is 0 Å². The van der Waals surface area contributed by atoms with Gasteiger partial charge in [-0.1, -0.05) is 42.5 Å². The van der Waals surface area contributed by atoms with Gasteiger partial charge in [-0.15, -0.1) is 0 Å². The molecular formula is C13H16O2. The molecule has 0 amide bonds. The van der Waals surface area contributed by atoms with Crippen LogP contribution in [0, 0.1) is 0 Å². The normalized spacial score (nSPS) is 13.5. The van der Waals surface area contributed by atoms with Crippen LogP contribution in [0.1, 0.15) is 18.6 Å². The summed E-state index contributed by atoms with van der Waals surface area (Å²) in [5, 5.41) is 9.72. The van der Waals surface area contributed by atoms with Crippen LogP contribution < -0.4 is 0 Å². The van der Waals surface area contributed by atoms with Crippen LogP contribution in [0.3, 0.4) is 0 Å². The molecule has 1 unspecified atom stereocenters. The number of hydrogen-bond donors (Lipinski definition) is 1. The molecule has 1 aromatic rings. The highest BCUT2D eigenvalue weighted by Crippen LogP contribution is 2.12. The second-order valence-electron chi connectivity index (χ2n) is 3.02. The van der Waals surface area contributed by atoms with Crippen molar-refractivity contribution in [3.63, 3.8) is 0 Å². The van der Waals surface area contributed by atoms with Crippen LogP contribution in [-0.2, 0) is 4.74 Å². The average molecular weight is 204 g/mol. The van der Waals surface area contributed by atoms with Gasteiger partial charge in [0.2, 0.25) is 0 Å². The Hall–Kier alpha value is -1.54. The molecule has 0 aliphatic rings. The van der Waals surface area contributed by atoms with Crippen molar-refractivity contribution in [2.75, 3.05) is 6.61 Å². The fraction of sp³-hybridized carbons (Fsp3) is 0.231. The molecule has 0 heterocycles. The minimum Gasteiger partial charge on any atom is -0.501 e. The minimum absolute atomic E-state index is 0.558. The molecule has 1 atom stereocenters. The number of rotatable bonds is 5. The van der Waals surface area contributed by atoms with Crippen molar-refractivity contribution < 1.29 is 9.84 Å². The van der Waals surface area contributed by atoms with Crippen molar-refractivity contribution in [2.45, 2.75) is 13.0 Å². The zero-order chi connectivity index (χ0) is 10.9. The highest BCUT2D eigenvalue weighted by molar-refractivity contribution is 5.21. The van der Waals surface area contributed by atoms with E-state index in [4.69, 9.17) is 4.74 Å². The molecule has 0 aromatic heterocycles. The lowest BCUT2D eigenvalue weighted by Crippen LogP contribution is -1.91. The third-order valence-electron chi connectivity index (χ3n) is 1.89. The van der Waals surface area contributed by atoms with Gasteiger partial charge in [0.25, 0.3) is 0 Å². The van der Waals surface area contributed by atoms with E-state index in [1.54, 1.807) is 24.5 Å². The van der Waals surface area contributed by atoms with Gasteiger partial charge < -0.3 is 9.84 Å². The van der Waals surface area contributed by atoms with E-state index >= 15 is 0 Å². The van der Waals surface area contributed by atoms with Crippen LogP contribution in [0.2, 0.25) is 0 Å². The number of aliphatic hydroxyl groups excluding tert-OH is 1. The molecule has 2 nitrogen and oxygen atoms in total. The zero-order valence-electron chi connectivity index (χ0n) is 8.84. The molecule has 1 rings (SSSR count). The van der Waals surface area contributed by atoms with Gasteiger partial charge in [0.1, 0.15) is 0 Å². The molecule has 2 heteroatoms. The standard InChI is InChI=1S/C13H16O2/c1-2-15-11-7-6-10-13(14)12-8-4-3-5-9-12/h3-11,13-14H,2H2,1H3/b10-6+,11-7-. The molecule has 15 heavy (non-hydrogen) atoms. The largest absolute Gasteiger partial charge is 0.501 e. The number of ether oxygens (including phenoxy) is 1. The van der Waals surface area contributed by atoms with E-state index in [2.05, 4.69) is 0 Å². The summed E-state index contributed by atoms with van der Waals surface area (Å²) in [7, 11) is 0. The summed E-state index contributed by atoms with van der Waals surface area (Å²) in [4.78, 5) is 0. The quantitative estimate of drug-likeness (QED) is 0.590. The van der Waals surface area contributed by atoms with Crippen LogP contribution in [0.15, 0.2) is 54.8 Å². The first-order valence-corrected chi connectivity index (χ1v) is 5.02. The molecule has 1 N–H and O–H groups in total. The SMILES string of the molecule is CCO/C=C\C=C\C(O)c1ccccc1. The van der Waals surface area contributed by atoms with Crippen molar-refractivity contribution in [1.82, 2.24) is 0 Å². The maximum Gasteiger partial charge on any atom is 0.0974 e. The molecule has 0 fully saturated rings. The Morgan fingerprint density at radius 1 is 1.27 bits per heavy atom. The first-order chi connectivity index (χ1) is 7.34. The average Bonchev–Trinajstić information content (AvgIpc) is 2.30. The summed E-state index contributed by atoms with van der Waals surface area (Å²) in [6, 6.07) is 9.52. The molecule has 80 valence electrons. The van der Waals surface area contributed by atoms with Crippen LogP contribution >= 0.6 is 0 Å². The van der Waals surface area contributed by atoms with E-state index in [0.717, 1.165) is 5.56 Å². The van der Waals surface area contributed by atoms with Crippen LogP contribution in [0.25, 0.3) is 0 Å². The van der Waals surface area contributed by atoms with Crippen molar-refractivity contribution in [1.29, 1.82) is 0 Å². The maximum absolute atomic E-state index is 9.72. The van der Waals surface area contributed by atoms with Gasteiger partial charge in [-0.25, -0.2) is 0 Å². The number of hydrogen-bond acceptors (Lipinski definition) is 2. The summed E-state index contributed by atoms with van der Waals surface area (Å²) in [6.07, 6.45) is 6.29. The predicted octanol–water partition coefficient (Wildman–Crippen LogP) is 2.83. The van der Waals surface area contributed by atoms with Crippen molar-refractivity contribution in [3.05, 3.63) is 60.4 Å². The summed E-state index contributed by atoms with van der Waals surface area (Å²) >= 11 is 0. The Kier molecular flexibility index (Phi) is 5.26. The summed E-state index contributed by atoms with van der Waals surface area (Å²) in [5.74, 6) is 0. The number of allylic oxidation sites excluding steroid dienone is 2. The van der Waals surface area contributed by atoms with E-state index in [9.17, 15) is 5.11 Å². The van der Waals surface area contributed by atoms with Crippen LogP contribution in [0.5, 0.6) is 0 Å². The monoisotopic (exact) mass is 204 g/mol. The van der Waals surface area contributed by atoms with Gasteiger partial charge in [0.15, 0.2) is 0 Å². The van der Waals surface area contributed by atoms with Crippen LogP contribution in [-0.4, -0.2) is 11.7 Å². The smallest absolute Gasteiger partial charge is 0.0974 e. The third kappa shape index (κ3) is 4.47. The van der Waals surface area contributed by atoms with Gasteiger partial charge in [0.05, 0.1) is 19.0 Å². The summed E-state index contributed by atoms with van der Waals surface area (Å²) < 4.78 is 5.01. The Morgan fingerprint density at radius 3 is 2.67 bits per heavy atom. The molecule has 0 spiro atoms. The number of benzene rings is 1. The first-order valence-electron chi connectivity index (χ1n) is 5.02. The van der Waals surface area contributed by atoms with E-state index in [0.29, 0.717) is 6.61 Å². The molecule has 0 aliphatic heterocycles. The second-order valence-corrected chi connectivity index (χ2v) is 3.02. The van der Waals surface area contributed by atoms with Crippen molar-refractivity contribution >= 4 is 0 Å². The summed E-state index contributed by atoms with van der Waals surface area (Å²) in [6.45, 7) is 2.58. The van der Waals surface area contributed by atoms with Crippen LogP contribution in [0.4, 0.5) is 0 Å². The molecule has 0 aliphatic carbocycles. The Morgan fingerprint density at radius 2 is 2.00 bits per heavy atom. The second kappa shape index (κ2) is 6.85. The lowest BCUT2D eigenvalue weighted by atomic mass is 10.1. The zero-order valence-corrected chi connectivity index (χ0v) is 8.84. The lowest BCUT2D eigenvalue weighted by Gasteiger charge is -2.03. The Balaban J connectivity index is 2.45. The Bertz CT molecular complexity index is 315. The van der Waals surface area contributed by atoms with Gasteiger partial charge in [0, 0.05) is 0 Å². The fourth-order valence-electron chi connectivity index (χ4n) is 1.13. The van der Waals surface area contributed by atoms with Gasteiger partial charge >= 0.3 is 0 Å². The van der Waals surface area contributed by atoms with Gasteiger partial charge in [-0.2, -0.15) is 0 Å². The molecule has 0 radical (unpaired) electrons. The molecule has 0 saturated heterocycles. The lowest BCUT2D eigenvalue weighted by molar-refractivity contribution is 0.228. The third-order valence-corrected chi connectivity index (χ3v) is 1.89. The highest BCUT2D eigenvalue weighted by Gasteiger charge is 1.99. The van der Waals surface area contributed by atoms with Crippen molar-refractivity contribution in [3.8, 4) is 0 Å². The highest BCUT2D eigenvalue weighted by atomic mass is 16.5.